The number of halogens is 1. The number of amides is 4. The molecule has 0 aromatic heterocycles. The van der Waals surface area contributed by atoms with Gasteiger partial charge >= 0.3 is 0 Å². The third-order valence-electron chi connectivity index (χ3n) is 9.56. The highest BCUT2D eigenvalue weighted by molar-refractivity contribution is 9.10. The number of benzene rings is 2. The predicted molar refractivity (Wildman–Crippen MR) is 155 cm³/mol. The van der Waals surface area contributed by atoms with Gasteiger partial charge in [0.25, 0.3) is 0 Å². The van der Waals surface area contributed by atoms with Crippen LogP contribution in [0.2, 0.25) is 0 Å². The number of nitrogens with zero attached hydrogens (tertiary/aromatic N) is 2. The van der Waals surface area contributed by atoms with E-state index in [1.165, 1.54) is 16.9 Å². The maximum Gasteiger partial charge on any atom is 0.241 e. The number of imide groups is 2. The van der Waals surface area contributed by atoms with E-state index < -0.39 is 40.5 Å². The summed E-state index contributed by atoms with van der Waals surface area (Å²) < 4.78 is 5.86. The van der Waals surface area contributed by atoms with Gasteiger partial charge in [0.1, 0.15) is 0 Å². The lowest BCUT2D eigenvalue weighted by Crippen LogP contribution is -2.49. The minimum absolute atomic E-state index is 0.0693. The van der Waals surface area contributed by atoms with E-state index in [9.17, 15) is 24.3 Å². The molecule has 2 aromatic rings. The lowest BCUT2D eigenvalue weighted by molar-refractivity contribution is -0.145. The van der Waals surface area contributed by atoms with Crippen molar-refractivity contribution < 1.29 is 29.0 Å². The van der Waals surface area contributed by atoms with Crippen LogP contribution in [0.4, 0.5) is 5.69 Å². The van der Waals surface area contributed by atoms with Crippen molar-refractivity contribution in [1.29, 1.82) is 0 Å². The number of para-hydroxylation sites is 1. The van der Waals surface area contributed by atoms with Crippen molar-refractivity contribution in [2.75, 3.05) is 12.0 Å². The lowest BCUT2D eigenvalue weighted by atomic mass is 9.51. The number of hydrogen-bond acceptors (Lipinski definition) is 6. The van der Waals surface area contributed by atoms with Crippen LogP contribution in [0.25, 0.3) is 0 Å². The molecule has 4 amide bonds. The SMILES string of the molecule is COc1cc(C2C3=CCC4C(=O)N(C(C)(C)C)C(=O)C4C3CC3C(=O)N(c4ccccc4)C(=O)C32C)cc(Br)c1O. The number of anilines is 1. The molecule has 8 nitrogen and oxygen atoms in total. The molecule has 6 atom stereocenters. The third kappa shape index (κ3) is 3.77. The summed E-state index contributed by atoms with van der Waals surface area (Å²) in [5, 5.41) is 10.6. The molecule has 0 bridgehead atoms. The van der Waals surface area contributed by atoms with E-state index in [0.717, 1.165) is 5.57 Å². The van der Waals surface area contributed by atoms with E-state index in [4.69, 9.17) is 4.74 Å². The highest BCUT2D eigenvalue weighted by atomic mass is 79.9. The average Bonchev–Trinajstić information content (AvgIpc) is 3.30. The molecule has 1 saturated carbocycles. The normalized spacial score (nSPS) is 31.2. The quantitative estimate of drug-likeness (QED) is 0.374. The van der Waals surface area contributed by atoms with Crippen LogP contribution in [0.15, 0.2) is 58.6 Å². The molecule has 2 aliphatic carbocycles. The third-order valence-corrected chi connectivity index (χ3v) is 10.2. The Morgan fingerprint density at radius 1 is 1.00 bits per heavy atom. The number of carbonyl (C=O) groups excluding carboxylic acids is 4. The van der Waals surface area contributed by atoms with Crippen LogP contribution in [0.3, 0.4) is 0 Å². The Morgan fingerprint density at radius 2 is 1.68 bits per heavy atom. The van der Waals surface area contributed by atoms with Crippen molar-refractivity contribution in [3.05, 3.63) is 64.1 Å². The van der Waals surface area contributed by atoms with Crippen molar-refractivity contribution >= 4 is 45.2 Å². The van der Waals surface area contributed by atoms with Gasteiger partial charge in [-0.3, -0.25) is 24.1 Å². The molecule has 214 valence electrons. The molecule has 3 fully saturated rings. The number of aromatic hydroxyl groups is 1. The van der Waals surface area contributed by atoms with Crippen LogP contribution in [0.5, 0.6) is 11.5 Å². The number of ether oxygens (including phenoxy) is 1. The van der Waals surface area contributed by atoms with Crippen molar-refractivity contribution in [3.63, 3.8) is 0 Å². The lowest BCUT2D eigenvalue weighted by Gasteiger charge is -2.49. The summed E-state index contributed by atoms with van der Waals surface area (Å²) in [5.41, 5.74) is 0.236. The Balaban J connectivity index is 1.55. The number of phenols is 1. The molecular formula is C32H33BrN2O6. The van der Waals surface area contributed by atoms with Crippen molar-refractivity contribution in [2.45, 2.75) is 52.0 Å². The van der Waals surface area contributed by atoms with Crippen molar-refractivity contribution in [3.8, 4) is 11.5 Å². The second-order valence-electron chi connectivity index (χ2n) is 12.7. The summed E-state index contributed by atoms with van der Waals surface area (Å²) in [6.45, 7) is 7.40. The largest absolute Gasteiger partial charge is 0.503 e. The molecule has 0 spiro atoms. The molecule has 6 unspecified atom stereocenters. The van der Waals surface area contributed by atoms with Gasteiger partial charge in [0.05, 0.1) is 40.4 Å². The van der Waals surface area contributed by atoms with Crippen LogP contribution in [-0.2, 0) is 19.2 Å². The fourth-order valence-electron chi connectivity index (χ4n) is 7.80. The first-order chi connectivity index (χ1) is 19.3. The van der Waals surface area contributed by atoms with Crippen LogP contribution < -0.4 is 9.64 Å². The van der Waals surface area contributed by atoms with Crippen LogP contribution >= 0.6 is 15.9 Å². The van der Waals surface area contributed by atoms with Gasteiger partial charge in [-0.1, -0.05) is 29.8 Å². The molecule has 2 aliphatic heterocycles. The molecule has 0 radical (unpaired) electrons. The Labute approximate surface area is 247 Å². The number of carbonyl (C=O) groups is 4. The van der Waals surface area contributed by atoms with Crippen molar-refractivity contribution in [2.24, 2.45) is 29.1 Å². The molecule has 2 aromatic carbocycles. The minimum Gasteiger partial charge on any atom is -0.503 e. The number of methoxy groups -OCH3 is 1. The highest BCUT2D eigenvalue weighted by Gasteiger charge is 2.68. The molecule has 41 heavy (non-hydrogen) atoms. The van der Waals surface area contributed by atoms with Gasteiger partial charge in [-0.15, -0.1) is 0 Å². The minimum atomic E-state index is -1.17. The summed E-state index contributed by atoms with van der Waals surface area (Å²) in [6.07, 6.45) is 2.69. The van der Waals surface area contributed by atoms with Crippen LogP contribution in [-0.4, -0.2) is 46.3 Å². The zero-order valence-corrected chi connectivity index (χ0v) is 25.3. The summed E-state index contributed by atoms with van der Waals surface area (Å²) in [5.74, 6) is -3.65. The topological polar surface area (TPSA) is 104 Å². The van der Waals surface area contributed by atoms with E-state index in [-0.39, 0.29) is 35.1 Å². The van der Waals surface area contributed by atoms with Crippen LogP contribution in [0, 0.1) is 29.1 Å². The Morgan fingerprint density at radius 3 is 2.32 bits per heavy atom. The van der Waals surface area contributed by atoms with E-state index >= 15 is 0 Å². The maximum atomic E-state index is 14.4. The first kappa shape index (κ1) is 27.7. The van der Waals surface area contributed by atoms with Gasteiger partial charge in [-0.25, -0.2) is 4.90 Å². The smallest absolute Gasteiger partial charge is 0.241 e. The molecule has 9 heteroatoms. The maximum absolute atomic E-state index is 14.4. The van der Waals surface area contributed by atoms with E-state index in [2.05, 4.69) is 15.9 Å². The predicted octanol–water partition coefficient (Wildman–Crippen LogP) is 5.19. The number of rotatable bonds is 3. The van der Waals surface area contributed by atoms with E-state index in [1.807, 2.05) is 39.8 Å². The number of likely N-dealkylation sites (tertiary alicyclic amines) is 1. The summed E-state index contributed by atoms with van der Waals surface area (Å²) in [7, 11) is 1.45. The molecule has 1 N–H and O–H groups in total. The molecule has 2 heterocycles. The van der Waals surface area contributed by atoms with Gasteiger partial charge in [0, 0.05) is 11.5 Å². The zero-order chi connectivity index (χ0) is 29.6. The Bertz CT molecular complexity index is 1530. The summed E-state index contributed by atoms with van der Waals surface area (Å²) in [4.78, 5) is 58.7. The highest BCUT2D eigenvalue weighted by Crippen LogP contribution is 2.64. The van der Waals surface area contributed by atoms with E-state index in [0.29, 0.717) is 28.6 Å². The first-order valence-electron chi connectivity index (χ1n) is 13.9. The molecule has 2 saturated heterocycles. The monoisotopic (exact) mass is 620 g/mol. The van der Waals surface area contributed by atoms with Crippen molar-refractivity contribution in [1.82, 2.24) is 4.90 Å². The Hall–Kier alpha value is -3.46. The number of phenolic OH excluding ortho intramolecular Hbond substituents is 1. The molecule has 4 aliphatic rings. The van der Waals surface area contributed by atoms with Crippen LogP contribution in [0.1, 0.15) is 52.0 Å². The van der Waals surface area contributed by atoms with Gasteiger partial charge < -0.3 is 9.84 Å². The molecular weight excluding hydrogens is 588 g/mol. The number of hydrogen-bond donors (Lipinski definition) is 1. The Kier molecular flexibility index (Phi) is 6.27. The van der Waals surface area contributed by atoms with E-state index in [1.54, 1.807) is 36.4 Å². The summed E-state index contributed by atoms with van der Waals surface area (Å²) in [6, 6.07) is 12.4. The average molecular weight is 622 g/mol. The first-order valence-corrected chi connectivity index (χ1v) is 14.7. The zero-order valence-electron chi connectivity index (χ0n) is 23.7. The fourth-order valence-corrected chi connectivity index (χ4v) is 8.26. The summed E-state index contributed by atoms with van der Waals surface area (Å²) >= 11 is 3.43. The molecule has 6 rings (SSSR count). The number of fused-ring (bicyclic) bond motifs is 4. The van der Waals surface area contributed by atoms with Gasteiger partial charge in [-0.05, 0) is 92.2 Å². The number of allylic oxidation sites excluding steroid dienone is 2. The fraction of sp³-hybridized carbons (Fsp3) is 0.438. The van der Waals surface area contributed by atoms with Gasteiger partial charge in [-0.2, -0.15) is 0 Å². The second-order valence-corrected chi connectivity index (χ2v) is 13.6. The second kappa shape index (κ2) is 9.28. The standard InChI is InChI=1S/C32H33BrN2O6/c1-31(2,3)35-27(37)19-12-11-18-20(24(19)29(35)39)15-21-28(38)34(17-9-7-6-8-10-17)30(40)32(21,4)25(18)16-13-22(33)26(36)23(14-16)41-5/h6-11,13-14,19-21,24-25,36H,12,15H2,1-5H3. The van der Waals surface area contributed by atoms with Gasteiger partial charge in [0.15, 0.2) is 11.5 Å². The van der Waals surface area contributed by atoms with Gasteiger partial charge in [0.2, 0.25) is 23.6 Å².